The first kappa shape index (κ1) is 13.5. The van der Waals surface area contributed by atoms with Gasteiger partial charge in [0.2, 0.25) is 5.56 Å². The highest BCUT2D eigenvalue weighted by molar-refractivity contribution is 5.96. The molecule has 3 heterocycles. The number of fused-ring (bicyclic) bond motifs is 1. The Kier molecular flexibility index (Phi) is 3.05. The lowest BCUT2D eigenvalue weighted by atomic mass is 9.98. The third-order valence-electron chi connectivity index (χ3n) is 3.98. The number of pyridine rings is 2. The zero-order valence-electron chi connectivity index (χ0n) is 12.5. The Hall–Kier alpha value is -3.21. The summed E-state index contributed by atoms with van der Waals surface area (Å²) in [5.41, 5.74) is 5.98. The second-order valence-electron chi connectivity index (χ2n) is 5.44. The number of aryl methyl sites for hydroxylation is 1. The van der Waals surface area contributed by atoms with Crippen LogP contribution in [0.4, 0.5) is 0 Å². The number of hydrogen-bond donors (Lipinski definition) is 2. The topological polar surface area (TPSA) is 74.4 Å². The molecule has 23 heavy (non-hydrogen) atoms. The molecule has 0 aliphatic carbocycles. The average molecular weight is 302 g/mol. The van der Waals surface area contributed by atoms with Gasteiger partial charge in [0.25, 0.3) is 0 Å². The molecule has 0 spiro atoms. The molecule has 0 saturated carbocycles. The largest absolute Gasteiger partial charge is 0.328 e. The van der Waals surface area contributed by atoms with Crippen LogP contribution in [0.3, 0.4) is 0 Å². The van der Waals surface area contributed by atoms with Crippen molar-refractivity contribution in [3.63, 3.8) is 0 Å². The number of nitrogens with zero attached hydrogens (tertiary/aromatic N) is 2. The molecule has 3 aromatic heterocycles. The molecule has 2 N–H and O–H groups in total. The van der Waals surface area contributed by atoms with Crippen molar-refractivity contribution in [1.29, 1.82) is 0 Å². The van der Waals surface area contributed by atoms with E-state index >= 15 is 0 Å². The van der Waals surface area contributed by atoms with Crippen LogP contribution in [-0.2, 0) is 0 Å². The third-order valence-corrected chi connectivity index (χ3v) is 3.98. The highest BCUT2D eigenvalue weighted by atomic mass is 16.1. The van der Waals surface area contributed by atoms with Crippen LogP contribution >= 0.6 is 0 Å². The molecule has 1 aromatic carbocycles. The molecule has 0 radical (unpaired) electrons. The molecule has 0 unspecified atom stereocenters. The molecule has 0 aliphatic rings. The number of benzene rings is 1. The summed E-state index contributed by atoms with van der Waals surface area (Å²) in [5.74, 6) is 0. The fraction of sp³-hybridized carbons (Fsp3) is 0.0556. The lowest BCUT2D eigenvalue weighted by molar-refractivity contribution is 1.05. The number of aromatic nitrogens is 4. The fourth-order valence-corrected chi connectivity index (χ4v) is 2.79. The van der Waals surface area contributed by atoms with E-state index in [0.717, 1.165) is 38.9 Å². The highest BCUT2D eigenvalue weighted by Crippen LogP contribution is 2.31. The monoisotopic (exact) mass is 302 g/mol. The Bertz CT molecular complexity index is 1040. The molecule has 5 heteroatoms. The maximum Gasteiger partial charge on any atom is 0.247 e. The number of nitrogens with one attached hydrogen (secondary N) is 2. The van der Waals surface area contributed by atoms with E-state index in [1.54, 1.807) is 12.4 Å². The molecular formula is C18H14N4O. The molecule has 0 aliphatic heterocycles. The molecule has 0 atom stereocenters. The quantitative estimate of drug-likeness (QED) is 0.596. The first-order valence-electron chi connectivity index (χ1n) is 7.30. The second-order valence-corrected chi connectivity index (χ2v) is 5.44. The maximum atomic E-state index is 11.3. The zero-order valence-corrected chi connectivity index (χ0v) is 12.5. The van der Waals surface area contributed by atoms with Crippen molar-refractivity contribution in [2.45, 2.75) is 6.92 Å². The van der Waals surface area contributed by atoms with Crippen LogP contribution in [0.25, 0.3) is 33.2 Å². The Morgan fingerprint density at radius 3 is 2.61 bits per heavy atom. The summed E-state index contributed by atoms with van der Waals surface area (Å²) >= 11 is 0. The molecule has 0 saturated heterocycles. The summed E-state index contributed by atoms with van der Waals surface area (Å²) in [6, 6.07) is 11.5. The van der Waals surface area contributed by atoms with E-state index in [1.807, 2.05) is 37.4 Å². The van der Waals surface area contributed by atoms with E-state index in [2.05, 4.69) is 26.2 Å². The molecule has 0 bridgehead atoms. The number of hydrogen-bond acceptors (Lipinski definition) is 3. The lowest BCUT2D eigenvalue weighted by Crippen LogP contribution is -2.01. The maximum absolute atomic E-state index is 11.3. The summed E-state index contributed by atoms with van der Waals surface area (Å²) in [7, 11) is 0. The predicted molar refractivity (Wildman–Crippen MR) is 90.1 cm³/mol. The van der Waals surface area contributed by atoms with Gasteiger partial charge in [-0.1, -0.05) is 6.07 Å². The van der Waals surface area contributed by atoms with Crippen LogP contribution in [0.5, 0.6) is 0 Å². The first-order chi connectivity index (χ1) is 11.2. The average Bonchev–Trinajstić information content (AvgIpc) is 3.01. The minimum atomic E-state index is -0.109. The van der Waals surface area contributed by atoms with Crippen LogP contribution < -0.4 is 5.56 Å². The minimum Gasteiger partial charge on any atom is -0.328 e. The van der Waals surface area contributed by atoms with Crippen molar-refractivity contribution in [2.24, 2.45) is 0 Å². The summed E-state index contributed by atoms with van der Waals surface area (Å²) in [6.45, 7) is 2.00. The van der Waals surface area contributed by atoms with Crippen LogP contribution in [-0.4, -0.2) is 20.2 Å². The molecular weight excluding hydrogens is 288 g/mol. The lowest BCUT2D eigenvalue weighted by Gasteiger charge is -2.08. The third kappa shape index (κ3) is 2.32. The van der Waals surface area contributed by atoms with Gasteiger partial charge in [-0.25, -0.2) is 0 Å². The normalized spacial score (nSPS) is 11.0. The number of rotatable bonds is 2. The molecule has 5 nitrogen and oxygen atoms in total. The van der Waals surface area contributed by atoms with Gasteiger partial charge in [0.15, 0.2) is 0 Å². The van der Waals surface area contributed by atoms with E-state index in [9.17, 15) is 4.79 Å². The van der Waals surface area contributed by atoms with Crippen molar-refractivity contribution in [1.82, 2.24) is 20.2 Å². The fourth-order valence-electron chi connectivity index (χ4n) is 2.79. The van der Waals surface area contributed by atoms with Crippen molar-refractivity contribution < 1.29 is 0 Å². The van der Waals surface area contributed by atoms with Gasteiger partial charge in [-0.05, 0) is 47.9 Å². The van der Waals surface area contributed by atoms with E-state index in [1.165, 1.54) is 6.07 Å². The summed E-state index contributed by atoms with van der Waals surface area (Å²) in [6.07, 6.45) is 5.34. The molecule has 112 valence electrons. The van der Waals surface area contributed by atoms with Gasteiger partial charge in [0, 0.05) is 35.1 Å². The Morgan fingerprint density at radius 1 is 1.00 bits per heavy atom. The summed E-state index contributed by atoms with van der Waals surface area (Å²) < 4.78 is 0. The van der Waals surface area contributed by atoms with Gasteiger partial charge >= 0.3 is 0 Å². The van der Waals surface area contributed by atoms with E-state index in [-0.39, 0.29) is 5.56 Å². The molecule has 4 rings (SSSR count). The van der Waals surface area contributed by atoms with Gasteiger partial charge in [-0.15, -0.1) is 0 Å². The number of H-pyrrole nitrogens is 2. The Labute approximate surface area is 132 Å². The summed E-state index contributed by atoms with van der Waals surface area (Å²) in [4.78, 5) is 18.4. The van der Waals surface area contributed by atoms with Crippen LogP contribution in [0.15, 0.2) is 59.8 Å². The van der Waals surface area contributed by atoms with Gasteiger partial charge in [-0.3, -0.25) is 14.9 Å². The molecule has 0 fully saturated rings. The summed E-state index contributed by atoms with van der Waals surface area (Å²) in [5, 5.41) is 8.09. The van der Waals surface area contributed by atoms with Crippen molar-refractivity contribution >= 4 is 10.9 Å². The molecule has 4 aromatic rings. The Balaban J connectivity index is 1.96. The van der Waals surface area contributed by atoms with E-state index < -0.39 is 0 Å². The minimum absolute atomic E-state index is 0.109. The van der Waals surface area contributed by atoms with Gasteiger partial charge < -0.3 is 4.98 Å². The van der Waals surface area contributed by atoms with Crippen LogP contribution in [0.2, 0.25) is 0 Å². The second kappa shape index (κ2) is 5.21. The SMILES string of the molecule is Cc1[nH]ncc1-c1ccc2nccc(-c3ccc(=O)[nH]c3)c2c1. The van der Waals surface area contributed by atoms with Crippen LogP contribution in [0.1, 0.15) is 5.69 Å². The van der Waals surface area contributed by atoms with Gasteiger partial charge in [0.05, 0.1) is 11.7 Å². The van der Waals surface area contributed by atoms with Crippen LogP contribution in [0, 0.1) is 6.92 Å². The van der Waals surface area contributed by atoms with Crippen molar-refractivity contribution in [3.05, 3.63) is 71.0 Å². The number of aromatic amines is 2. The van der Waals surface area contributed by atoms with Crippen molar-refractivity contribution in [3.8, 4) is 22.3 Å². The van der Waals surface area contributed by atoms with E-state index in [0.29, 0.717) is 0 Å². The molecule has 0 amide bonds. The van der Waals surface area contributed by atoms with Gasteiger partial charge in [0.1, 0.15) is 0 Å². The first-order valence-corrected chi connectivity index (χ1v) is 7.30. The van der Waals surface area contributed by atoms with Gasteiger partial charge in [-0.2, -0.15) is 5.10 Å². The smallest absolute Gasteiger partial charge is 0.247 e. The van der Waals surface area contributed by atoms with Crippen molar-refractivity contribution in [2.75, 3.05) is 0 Å². The highest BCUT2D eigenvalue weighted by Gasteiger charge is 2.09. The standard InChI is InChI=1S/C18H14N4O/c1-11-16(10-21-22-11)12-2-4-17-15(8-12)14(6-7-19-17)13-3-5-18(23)20-9-13/h2-10H,1H3,(H,20,23)(H,21,22). The zero-order chi connectivity index (χ0) is 15.8. The Morgan fingerprint density at radius 2 is 1.87 bits per heavy atom. The van der Waals surface area contributed by atoms with E-state index in [4.69, 9.17) is 0 Å². The predicted octanol–water partition coefficient (Wildman–Crippen LogP) is 3.29.